The van der Waals surface area contributed by atoms with Gasteiger partial charge in [-0.25, -0.2) is 4.98 Å². The van der Waals surface area contributed by atoms with Gasteiger partial charge in [-0.1, -0.05) is 29.8 Å². The Morgan fingerprint density at radius 1 is 1.27 bits per heavy atom. The molecule has 0 spiro atoms. The number of nitrogens with zero attached hydrogens (tertiary/aromatic N) is 2. The summed E-state index contributed by atoms with van der Waals surface area (Å²) >= 11 is 3.06. The predicted molar refractivity (Wildman–Crippen MR) is 109 cm³/mol. The van der Waals surface area contributed by atoms with Crippen molar-refractivity contribution >= 4 is 39.2 Å². The predicted octanol–water partition coefficient (Wildman–Crippen LogP) is 3.28. The number of aryl methyl sites for hydroxylation is 3. The van der Waals surface area contributed by atoms with Gasteiger partial charge < -0.3 is 9.88 Å². The van der Waals surface area contributed by atoms with E-state index in [4.69, 9.17) is 0 Å². The van der Waals surface area contributed by atoms with Crippen LogP contribution in [0, 0.1) is 13.8 Å². The Hall–Kier alpha value is -2.12. The van der Waals surface area contributed by atoms with Gasteiger partial charge in [0.1, 0.15) is 4.83 Å². The van der Waals surface area contributed by atoms with E-state index in [-0.39, 0.29) is 11.5 Å². The summed E-state index contributed by atoms with van der Waals surface area (Å²) < 4.78 is 1.44. The van der Waals surface area contributed by atoms with Gasteiger partial charge in [-0.2, -0.15) is 11.8 Å². The first-order valence-corrected chi connectivity index (χ1v) is 10.3. The van der Waals surface area contributed by atoms with Crippen LogP contribution in [0.15, 0.2) is 35.4 Å². The molecule has 0 atom stereocenters. The number of thioether (sulfide) groups is 1. The molecule has 136 valence electrons. The highest BCUT2D eigenvalue weighted by atomic mass is 32.2. The number of hydrogen-bond acceptors (Lipinski definition) is 5. The van der Waals surface area contributed by atoms with Gasteiger partial charge in [0.2, 0.25) is 0 Å². The van der Waals surface area contributed by atoms with Crippen LogP contribution in [0.5, 0.6) is 0 Å². The number of thiophene rings is 1. The van der Waals surface area contributed by atoms with Crippen molar-refractivity contribution in [3.8, 4) is 0 Å². The number of fused-ring (bicyclic) bond motifs is 1. The molecule has 0 saturated carbocycles. The summed E-state index contributed by atoms with van der Waals surface area (Å²) in [5.74, 6) is 1.63. The van der Waals surface area contributed by atoms with Crippen molar-refractivity contribution in [2.24, 2.45) is 7.05 Å². The summed E-state index contributed by atoms with van der Waals surface area (Å²) in [6, 6.07) is 8.49. The molecule has 0 bridgehead atoms. The van der Waals surface area contributed by atoms with E-state index >= 15 is 0 Å². The minimum atomic E-state index is -0.136. The second-order valence-corrected chi connectivity index (χ2v) is 8.30. The molecule has 0 radical (unpaired) electrons. The zero-order chi connectivity index (χ0) is 18.7. The number of rotatable bonds is 6. The average molecular weight is 388 g/mol. The van der Waals surface area contributed by atoms with Crippen LogP contribution in [-0.4, -0.2) is 27.8 Å². The fraction of sp³-hybridized carbons (Fsp3) is 0.316. The van der Waals surface area contributed by atoms with Crippen molar-refractivity contribution < 1.29 is 4.79 Å². The second kappa shape index (κ2) is 8.05. The van der Waals surface area contributed by atoms with E-state index in [1.54, 1.807) is 18.8 Å². The molecule has 3 aromatic rings. The minimum absolute atomic E-state index is 0.114. The third-order valence-electron chi connectivity index (χ3n) is 4.14. The molecule has 0 unspecified atom stereocenters. The lowest BCUT2D eigenvalue weighted by Crippen LogP contribution is -2.25. The maximum Gasteiger partial charge on any atom is 0.262 e. The van der Waals surface area contributed by atoms with E-state index in [1.165, 1.54) is 33.4 Å². The fourth-order valence-corrected chi connectivity index (χ4v) is 4.49. The van der Waals surface area contributed by atoms with Crippen LogP contribution in [0.2, 0.25) is 0 Å². The SMILES string of the molecule is Cc1ccc(CSCCNC(=O)c2sc3ncn(C)c(=O)c3c2C)cc1. The van der Waals surface area contributed by atoms with E-state index in [0.717, 1.165) is 11.5 Å². The Kier molecular flexibility index (Phi) is 5.78. The maximum atomic E-state index is 12.5. The molecule has 2 aromatic heterocycles. The monoisotopic (exact) mass is 387 g/mol. The van der Waals surface area contributed by atoms with Crippen LogP contribution < -0.4 is 10.9 Å². The van der Waals surface area contributed by atoms with Crippen molar-refractivity contribution in [3.05, 3.63) is 62.5 Å². The van der Waals surface area contributed by atoms with E-state index in [2.05, 4.69) is 41.5 Å². The molecule has 0 fully saturated rings. The Morgan fingerprint density at radius 3 is 2.73 bits per heavy atom. The van der Waals surface area contributed by atoms with Gasteiger partial charge in [0.05, 0.1) is 16.6 Å². The highest BCUT2D eigenvalue weighted by Gasteiger charge is 2.18. The first-order chi connectivity index (χ1) is 12.5. The molecule has 1 aromatic carbocycles. The van der Waals surface area contributed by atoms with Crippen LogP contribution in [-0.2, 0) is 12.8 Å². The highest BCUT2D eigenvalue weighted by Crippen LogP contribution is 2.26. The topological polar surface area (TPSA) is 64.0 Å². The normalized spacial score (nSPS) is 11.0. The lowest BCUT2D eigenvalue weighted by atomic mass is 10.2. The number of carbonyl (C=O) groups excluding carboxylic acids is 1. The number of hydrogen-bond donors (Lipinski definition) is 1. The van der Waals surface area contributed by atoms with Gasteiger partial charge in [-0.05, 0) is 25.0 Å². The lowest BCUT2D eigenvalue weighted by Gasteiger charge is -2.05. The van der Waals surface area contributed by atoms with Crippen molar-refractivity contribution in [1.82, 2.24) is 14.9 Å². The Balaban J connectivity index is 1.56. The molecular weight excluding hydrogens is 366 g/mol. The Labute approximate surface area is 160 Å². The summed E-state index contributed by atoms with van der Waals surface area (Å²) in [7, 11) is 1.66. The molecular formula is C19H21N3O2S2. The minimum Gasteiger partial charge on any atom is -0.351 e. The van der Waals surface area contributed by atoms with Crippen LogP contribution in [0.1, 0.15) is 26.4 Å². The molecule has 0 saturated heterocycles. The second-order valence-electron chi connectivity index (χ2n) is 6.19. The molecule has 0 aliphatic rings. The Bertz CT molecular complexity index is 990. The van der Waals surface area contributed by atoms with Gasteiger partial charge in [-0.3, -0.25) is 9.59 Å². The Morgan fingerprint density at radius 2 is 2.00 bits per heavy atom. The van der Waals surface area contributed by atoms with E-state index in [0.29, 0.717) is 27.2 Å². The number of aromatic nitrogens is 2. The average Bonchev–Trinajstić information content (AvgIpc) is 2.97. The molecule has 26 heavy (non-hydrogen) atoms. The zero-order valence-corrected chi connectivity index (χ0v) is 16.7. The molecule has 5 nitrogen and oxygen atoms in total. The summed E-state index contributed by atoms with van der Waals surface area (Å²) in [5.41, 5.74) is 3.14. The van der Waals surface area contributed by atoms with E-state index in [9.17, 15) is 9.59 Å². The number of nitrogens with one attached hydrogen (secondary N) is 1. The lowest BCUT2D eigenvalue weighted by molar-refractivity contribution is 0.0960. The quantitative estimate of drug-likeness (QED) is 0.660. The van der Waals surface area contributed by atoms with Gasteiger partial charge in [-0.15, -0.1) is 11.3 Å². The summed E-state index contributed by atoms with van der Waals surface area (Å²) in [6.07, 6.45) is 1.49. The molecule has 2 heterocycles. The number of carbonyl (C=O) groups is 1. The first kappa shape index (κ1) is 18.7. The first-order valence-electron chi connectivity index (χ1n) is 8.33. The van der Waals surface area contributed by atoms with Crippen LogP contribution >= 0.6 is 23.1 Å². The van der Waals surface area contributed by atoms with Gasteiger partial charge in [0.15, 0.2) is 0 Å². The summed E-state index contributed by atoms with van der Waals surface area (Å²) in [6.45, 7) is 4.48. The van der Waals surface area contributed by atoms with Crippen molar-refractivity contribution in [1.29, 1.82) is 0 Å². The van der Waals surface area contributed by atoms with Gasteiger partial charge in [0.25, 0.3) is 11.5 Å². The van der Waals surface area contributed by atoms with E-state index in [1.807, 2.05) is 6.92 Å². The van der Waals surface area contributed by atoms with Crippen LogP contribution in [0.4, 0.5) is 0 Å². The van der Waals surface area contributed by atoms with E-state index < -0.39 is 0 Å². The number of amides is 1. The standard InChI is InChI=1S/C19H21N3O2S2/c1-12-4-6-14(7-5-12)10-25-9-8-20-17(23)16-13(2)15-18(26-16)21-11-22(3)19(15)24/h4-7,11H,8-10H2,1-3H3,(H,20,23). The molecule has 7 heteroatoms. The summed E-state index contributed by atoms with van der Waals surface area (Å²) in [5, 5.41) is 3.48. The van der Waals surface area contributed by atoms with Crippen LogP contribution in [0.25, 0.3) is 10.2 Å². The zero-order valence-electron chi connectivity index (χ0n) is 15.0. The van der Waals surface area contributed by atoms with Gasteiger partial charge >= 0.3 is 0 Å². The third-order valence-corrected chi connectivity index (χ3v) is 6.37. The molecule has 1 N–H and O–H groups in total. The maximum absolute atomic E-state index is 12.5. The smallest absolute Gasteiger partial charge is 0.262 e. The fourth-order valence-electron chi connectivity index (χ4n) is 2.62. The largest absolute Gasteiger partial charge is 0.351 e. The van der Waals surface area contributed by atoms with Crippen molar-refractivity contribution in [3.63, 3.8) is 0 Å². The molecule has 3 rings (SSSR count). The van der Waals surface area contributed by atoms with Gasteiger partial charge in [0, 0.05) is 25.1 Å². The molecule has 0 aliphatic carbocycles. The van der Waals surface area contributed by atoms with Crippen molar-refractivity contribution in [2.75, 3.05) is 12.3 Å². The third kappa shape index (κ3) is 3.99. The summed E-state index contributed by atoms with van der Waals surface area (Å²) in [4.78, 5) is 30.1. The van der Waals surface area contributed by atoms with Crippen LogP contribution in [0.3, 0.4) is 0 Å². The number of benzene rings is 1. The molecule has 1 amide bonds. The molecule has 0 aliphatic heterocycles. The van der Waals surface area contributed by atoms with Crippen molar-refractivity contribution in [2.45, 2.75) is 19.6 Å². The highest BCUT2D eigenvalue weighted by molar-refractivity contribution is 7.98.